The summed E-state index contributed by atoms with van der Waals surface area (Å²) >= 11 is 0. The predicted molar refractivity (Wildman–Crippen MR) is 299 cm³/mol. The summed E-state index contributed by atoms with van der Waals surface area (Å²) in [7, 11) is 0. The van der Waals surface area contributed by atoms with Gasteiger partial charge in [0, 0.05) is 32.8 Å². The summed E-state index contributed by atoms with van der Waals surface area (Å²) in [5.41, 5.74) is 18.7. The summed E-state index contributed by atoms with van der Waals surface area (Å²) in [5, 5.41) is 7.31. The maximum absolute atomic E-state index is 2.55. The zero-order chi connectivity index (χ0) is 46.9. The molecule has 0 fully saturated rings. The quantitative estimate of drug-likeness (QED) is 0.147. The van der Waals surface area contributed by atoms with E-state index in [1.807, 2.05) is 0 Å². The van der Waals surface area contributed by atoms with E-state index in [1.54, 1.807) is 0 Å². The van der Waals surface area contributed by atoms with Gasteiger partial charge in [-0.05, 0) is 103 Å². The smallest absolute Gasteiger partial charge is 0.0734 e. The molecule has 0 N–H and O–H groups in total. The van der Waals surface area contributed by atoms with Crippen molar-refractivity contribution in [2.45, 2.75) is 5.41 Å². The number of aromatic nitrogens is 1. The Balaban J connectivity index is 0.947. The minimum Gasteiger partial charge on any atom is -0.309 e. The van der Waals surface area contributed by atoms with Crippen LogP contribution < -0.4 is 4.90 Å². The fourth-order valence-corrected chi connectivity index (χ4v) is 12.1. The van der Waals surface area contributed by atoms with E-state index >= 15 is 0 Å². The van der Waals surface area contributed by atoms with Crippen LogP contribution in [0.3, 0.4) is 0 Å². The summed E-state index contributed by atoms with van der Waals surface area (Å²) in [6.07, 6.45) is 0. The van der Waals surface area contributed by atoms with Crippen LogP contribution in [0.15, 0.2) is 279 Å². The SMILES string of the molecule is c1ccc(C2(c3ccccc3)c3ccccc3-c3cccc(-n4c5ccccc5c5ccc(-c6ccccc6-c6ccc(N(c7cccc8ccccc78)c7cccc8ccccc78)cc6)cc54)c32)cc1. The van der Waals surface area contributed by atoms with Crippen molar-refractivity contribution < 1.29 is 0 Å². The van der Waals surface area contributed by atoms with Crippen molar-refractivity contribution in [2.24, 2.45) is 0 Å². The highest BCUT2D eigenvalue weighted by Gasteiger charge is 2.48. The van der Waals surface area contributed by atoms with Crippen molar-refractivity contribution in [3.8, 4) is 39.1 Å². The van der Waals surface area contributed by atoms with E-state index in [4.69, 9.17) is 0 Å². The van der Waals surface area contributed by atoms with Gasteiger partial charge in [-0.1, -0.05) is 237 Å². The molecule has 0 amide bonds. The molecular weight excluding hydrogens is 857 g/mol. The van der Waals surface area contributed by atoms with Gasteiger partial charge in [-0.2, -0.15) is 0 Å². The van der Waals surface area contributed by atoms with E-state index in [0.717, 1.165) is 22.6 Å². The molecule has 1 aliphatic carbocycles. The molecule has 0 radical (unpaired) electrons. The Morgan fingerprint density at radius 2 is 0.789 bits per heavy atom. The largest absolute Gasteiger partial charge is 0.309 e. The fraction of sp³-hybridized carbons (Fsp3) is 0.0145. The second-order valence-electron chi connectivity index (χ2n) is 18.7. The van der Waals surface area contributed by atoms with Gasteiger partial charge in [-0.3, -0.25) is 0 Å². The van der Waals surface area contributed by atoms with E-state index in [9.17, 15) is 0 Å². The molecule has 0 saturated carbocycles. The lowest BCUT2D eigenvalue weighted by molar-refractivity contribution is 0.762. The molecule has 12 aromatic carbocycles. The predicted octanol–water partition coefficient (Wildman–Crippen LogP) is 18.3. The zero-order valence-corrected chi connectivity index (χ0v) is 39.0. The lowest BCUT2D eigenvalue weighted by Crippen LogP contribution is -2.29. The van der Waals surface area contributed by atoms with Crippen LogP contribution in [0, 0.1) is 0 Å². The van der Waals surface area contributed by atoms with Gasteiger partial charge in [-0.25, -0.2) is 0 Å². The lowest BCUT2D eigenvalue weighted by Gasteiger charge is -2.35. The molecule has 0 spiro atoms. The molecule has 2 heteroatoms. The summed E-state index contributed by atoms with van der Waals surface area (Å²) in [6, 6.07) is 103. The average Bonchev–Trinajstić information content (AvgIpc) is 3.95. The zero-order valence-electron chi connectivity index (χ0n) is 39.0. The Kier molecular flexibility index (Phi) is 9.47. The van der Waals surface area contributed by atoms with Crippen molar-refractivity contribution in [3.05, 3.63) is 301 Å². The summed E-state index contributed by atoms with van der Waals surface area (Å²) < 4.78 is 2.55. The van der Waals surface area contributed by atoms with Gasteiger partial charge in [-0.15, -0.1) is 0 Å². The Labute approximate surface area is 413 Å². The molecule has 0 saturated heterocycles. The molecular formula is C69H46N2. The number of para-hydroxylation sites is 1. The van der Waals surface area contributed by atoms with Crippen LogP contribution >= 0.6 is 0 Å². The van der Waals surface area contributed by atoms with Crippen molar-refractivity contribution in [1.29, 1.82) is 0 Å². The van der Waals surface area contributed by atoms with E-state index in [2.05, 4.69) is 289 Å². The molecule has 0 atom stereocenters. The second-order valence-corrected chi connectivity index (χ2v) is 18.7. The molecule has 71 heavy (non-hydrogen) atoms. The number of rotatable bonds is 8. The Morgan fingerprint density at radius 3 is 1.45 bits per heavy atom. The highest BCUT2D eigenvalue weighted by Crippen LogP contribution is 2.58. The van der Waals surface area contributed by atoms with Crippen LogP contribution in [0.4, 0.5) is 17.1 Å². The number of benzene rings is 12. The Morgan fingerprint density at radius 1 is 0.310 bits per heavy atom. The van der Waals surface area contributed by atoms with Crippen molar-refractivity contribution in [3.63, 3.8) is 0 Å². The van der Waals surface area contributed by atoms with Gasteiger partial charge in [0.05, 0.1) is 33.5 Å². The van der Waals surface area contributed by atoms with Crippen LogP contribution in [0.5, 0.6) is 0 Å². The molecule has 0 bridgehead atoms. The molecule has 2 nitrogen and oxygen atoms in total. The minimum absolute atomic E-state index is 0.560. The van der Waals surface area contributed by atoms with E-state index in [-0.39, 0.29) is 0 Å². The highest BCUT2D eigenvalue weighted by molar-refractivity contribution is 6.11. The Bertz CT molecular complexity index is 4040. The van der Waals surface area contributed by atoms with E-state index < -0.39 is 5.41 Å². The average molecular weight is 903 g/mol. The molecule has 13 aromatic rings. The fourth-order valence-electron chi connectivity index (χ4n) is 12.1. The summed E-state index contributed by atoms with van der Waals surface area (Å²) in [5.74, 6) is 0. The number of nitrogens with zero attached hydrogens (tertiary/aromatic N) is 2. The topological polar surface area (TPSA) is 8.17 Å². The van der Waals surface area contributed by atoms with Gasteiger partial charge < -0.3 is 9.47 Å². The lowest BCUT2D eigenvalue weighted by atomic mass is 9.67. The molecule has 0 unspecified atom stereocenters. The summed E-state index contributed by atoms with van der Waals surface area (Å²) in [6.45, 7) is 0. The Hall–Kier alpha value is -9.24. The van der Waals surface area contributed by atoms with Crippen LogP contribution in [-0.4, -0.2) is 4.57 Å². The van der Waals surface area contributed by atoms with Crippen LogP contribution in [0.2, 0.25) is 0 Å². The van der Waals surface area contributed by atoms with Gasteiger partial charge >= 0.3 is 0 Å². The number of hydrogen-bond donors (Lipinski definition) is 0. The third kappa shape index (κ3) is 6.28. The monoisotopic (exact) mass is 902 g/mol. The van der Waals surface area contributed by atoms with Gasteiger partial charge in [0.25, 0.3) is 0 Å². The maximum atomic E-state index is 2.55. The second kappa shape index (κ2) is 16.5. The number of fused-ring (bicyclic) bond motifs is 8. The third-order valence-electron chi connectivity index (χ3n) is 15.1. The maximum Gasteiger partial charge on any atom is 0.0734 e. The van der Waals surface area contributed by atoms with Crippen LogP contribution in [0.1, 0.15) is 22.3 Å². The molecule has 332 valence electrons. The molecule has 0 aliphatic heterocycles. The van der Waals surface area contributed by atoms with Crippen LogP contribution in [-0.2, 0) is 5.41 Å². The molecule has 1 aromatic heterocycles. The van der Waals surface area contributed by atoms with Gasteiger partial charge in [0.2, 0.25) is 0 Å². The van der Waals surface area contributed by atoms with Gasteiger partial charge in [0.1, 0.15) is 0 Å². The summed E-state index contributed by atoms with van der Waals surface area (Å²) in [4.78, 5) is 2.43. The highest BCUT2D eigenvalue weighted by atomic mass is 15.1. The standard InChI is InChI=1S/C69H46N2/c1-3-24-51(25-4-1)69(52-26-5-2-6-27-52)62-35-15-13-32-58(62)61-34-19-39-66(68(61)69)71-65-36-16-14-33-59(65)60-45-42-50(46-67(60)71)55-29-12-11-28-54(55)49-40-43-53(44-41-49)70(63-37-17-22-47-20-7-9-30-56(47)63)64-38-18-23-48-21-8-10-31-57(48)64/h1-46H. The normalized spacial score (nSPS) is 12.6. The van der Waals surface area contributed by atoms with E-state index in [1.165, 1.54) is 99.1 Å². The number of hydrogen-bond acceptors (Lipinski definition) is 1. The number of anilines is 3. The first-order chi connectivity index (χ1) is 35.3. The molecule has 14 rings (SSSR count). The minimum atomic E-state index is -0.560. The molecule has 1 heterocycles. The van der Waals surface area contributed by atoms with Crippen molar-refractivity contribution >= 4 is 60.4 Å². The van der Waals surface area contributed by atoms with Crippen molar-refractivity contribution in [1.82, 2.24) is 4.57 Å². The van der Waals surface area contributed by atoms with Crippen LogP contribution in [0.25, 0.3) is 82.4 Å². The van der Waals surface area contributed by atoms with Crippen molar-refractivity contribution in [2.75, 3.05) is 4.90 Å². The van der Waals surface area contributed by atoms with E-state index in [0.29, 0.717) is 0 Å². The molecule has 1 aliphatic rings. The first kappa shape index (κ1) is 40.8. The van der Waals surface area contributed by atoms with Gasteiger partial charge in [0.15, 0.2) is 0 Å². The third-order valence-corrected chi connectivity index (χ3v) is 15.1. The first-order valence-corrected chi connectivity index (χ1v) is 24.6. The first-order valence-electron chi connectivity index (χ1n) is 24.6.